The van der Waals surface area contributed by atoms with E-state index in [1.165, 1.54) is 6.92 Å². The van der Waals surface area contributed by atoms with E-state index in [4.69, 9.17) is 5.73 Å². The summed E-state index contributed by atoms with van der Waals surface area (Å²) >= 11 is 0. The van der Waals surface area contributed by atoms with E-state index in [2.05, 4.69) is 15.1 Å². The highest BCUT2D eigenvalue weighted by molar-refractivity contribution is 5.50. The van der Waals surface area contributed by atoms with Crippen LogP contribution in [0.5, 0.6) is 5.88 Å². The molecule has 0 spiro atoms. The van der Waals surface area contributed by atoms with Gasteiger partial charge in [0.25, 0.3) is 5.78 Å². The quantitative estimate of drug-likeness (QED) is 0.469. The minimum atomic E-state index is -0.883. The summed E-state index contributed by atoms with van der Waals surface area (Å²) in [6.45, 7) is 1.35. The van der Waals surface area contributed by atoms with E-state index in [1.54, 1.807) is 0 Å². The number of nitrogen functional groups attached to an aromatic ring is 1. The van der Waals surface area contributed by atoms with Crippen molar-refractivity contribution in [1.29, 1.82) is 0 Å². The van der Waals surface area contributed by atoms with Gasteiger partial charge in [-0.25, -0.2) is 9.50 Å². The largest absolute Gasteiger partial charge is 0.854 e. The Balaban J connectivity index is 2.89. The van der Waals surface area contributed by atoms with Crippen molar-refractivity contribution in [3.63, 3.8) is 0 Å². The van der Waals surface area contributed by atoms with Crippen LogP contribution in [0.4, 0.5) is 11.6 Å². The van der Waals surface area contributed by atoms with Gasteiger partial charge in [-0.2, -0.15) is 4.98 Å². The van der Waals surface area contributed by atoms with Gasteiger partial charge in [0, 0.05) is 0 Å². The molecule has 0 atom stereocenters. The molecule has 0 aliphatic rings. The van der Waals surface area contributed by atoms with Crippen molar-refractivity contribution in [1.82, 2.24) is 19.6 Å². The molecule has 9 heteroatoms. The number of nitrogens with zero attached hydrogens (tertiary/aromatic N) is 5. The maximum Gasteiger partial charge on any atom is 0.301 e. The van der Waals surface area contributed by atoms with Crippen LogP contribution in [0.15, 0.2) is 0 Å². The molecule has 0 radical (unpaired) electrons. The Kier molecular flexibility index (Phi) is 1.68. The molecule has 0 aromatic carbocycles. The normalized spacial score (nSPS) is 10.7. The number of fused-ring (bicyclic) bond motifs is 1. The molecule has 0 unspecified atom stereocenters. The molecule has 0 saturated heterocycles. The lowest BCUT2D eigenvalue weighted by molar-refractivity contribution is -0.401. The van der Waals surface area contributed by atoms with Gasteiger partial charge in [0.15, 0.2) is 0 Å². The Bertz CT molecular complexity index is 561. The highest BCUT2D eigenvalue weighted by atomic mass is 16.6. The van der Waals surface area contributed by atoms with Gasteiger partial charge in [-0.15, -0.1) is 5.10 Å². The van der Waals surface area contributed by atoms with E-state index < -0.39 is 16.5 Å². The van der Waals surface area contributed by atoms with Gasteiger partial charge in [0.2, 0.25) is 5.95 Å². The Morgan fingerprint density at radius 2 is 2.13 bits per heavy atom. The molecule has 2 N–H and O–H groups in total. The predicted molar refractivity (Wildman–Crippen MR) is 46.0 cm³/mol. The van der Waals surface area contributed by atoms with Crippen LogP contribution in [0.3, 0.4) is 0 Å². The summed E-state index contributed by atoms with van der Waals surface area (Å²) in [5.41, 5.74) is 4.62. The molecule has 0 saturated carbocycles. The molecular formula is C6H5N6O3-. The zero-order valence-corrected chi connectivity index (χ0v) is 7.54. The highest BCUT2D eigenvalue weighted by Gasteiger charge is 2.18. The molecule has 9 nitrogen and oxygen atoms in total. The molecule has 2 heterocycles. The molecule has 78 valence electrons. The third kappa shape index (κ3) is 1.21. The van der Waals surface area contributed by atoms with Crippen molar-refractivity contribution in [2.24, 2.45) is 0 Å². The van der Waals surface area contributed by atoms with Gasteiger partial charge < -0.3 is 10.8 Å². The second kappa shape index (κ2) is 2.77. The van der Waals surface area contributed by atoms with Gasteiger partial charge in [-0.05, 0) is 6.92 Å². The third-order valence-electron chi connectivity index (χ3n) is 1.79. The number of aromatic nitrogens is 4. The molecule has 0 aliphatic carbocycles. The smallest absolute Gasteiger partial charge is 0.301 e. The molecule has 15 heavy (non-hydrogen) atoms. The molecule has 0 aliphatic heterocycles. The van der Waals surface area contributed by atoms with Gasteiger partial charge in [-0.3, -0.25) is 10.1 Å². The summed E-state index contributed by atoms with van der Waals surface area (Å²) in [6, 6.07) is 0. The van der Waals surface area contributed by atoms with Crippen LogP contribution in [0.2, 0.25) is 0 Å². The minimum absolute atomic E-state index is 0.00935. The second-order valence-corrected chi connectivity index (χ2v) is 2.79. The lowest BCUT2D eigenvalue weighted by Crippen LogP contribution is -2.09. The molecule has 2 aromatic rings. The van der Waals surface area contributed by atoms with Crippen LogP contribution >= 0.6 is 0 Å². The van der Waals surface area contributed by atoms with E-state index in [-0.39, 0.29) is 17.4 Å². The first-order chi connectivity index (χ1) is 7.00. The van der Waals surface area contributed by atoms with E-state index in [0.717, 1.165) is 0 Å². The van der Waals surface area contributed by atoms with Gasteiger partial charge in [0.1, 0.15) is 5.69 Å². The fourth-order valence-electron chi connectivity index (χ4n) is 1.20. The second-order valence-electron chi connectivity index (χ2n) is 2.79. The van der Waals surface area contributed by atoms with Crippen LogP contribution in [0.25, 0.3) is 5.78 Å². The summed E-state index contributed by atoms with van der Waals surface area (Å²) in [4.78, 5) is 17.1. The van der Waals surface area contributed by atoms with Crippen LogP contribution in [0, 0.1) is 17.0 Å². The third-order valence-corrected chi connectivity index (χ3v) is 1.79. The number of hydrogen-bond donors (Lipinski definition) is 1. The monoisotopic (exact) mass is 209 g/mol. The standard InChI is InChI=1S/C6H6N6O3/c1-2-3(12(14)15)4(13)11-6(8-2)9-5(7)10-11/h13H,1H3,(H2,7,10)/p-1. The van der Waals surface area contributed by atoms with Gasteiger partial charge >= 0.3 is 5.69 Å². The molecular weight excluding hydrogens is 204 g/mol. The molecule has 0 amide bonds. The number of rotatable bonds is 1. The SMILES string of the molecule is Cc1nc2nc(N)nn2c([O-])c1[N+](=O)[O-]. The van der Waals surface area contributed by atoms with Crippen molar-refractivity contribution < 1.29 is 10.0 Å². The maximum atomic E-state index is 11.5. The van der Waals surface area contributed by atoms with Crippen LogP contribution in [-0.2, 0) is 0 Å². The summed E-state index contributed by atoms with van der Waals surface area (Å²) in [7, 11) is 0. The van der Waals surface area contributed by atoms with Gasteiger partial charge in [-0.1, -0.05) is 0 Å². The van der Waals surface area contributed by atoms with Crippen molar-refractivity contribution in [3.8, 4) is 5.88 Å². The van der Waals surface area contributed by atoms with E-state index in [0.29, 0.717) is 4.52 Å². The number of anilines is 1. The Hall–Kier alpha value is -2.45. The lowest BCUT2D eigenvalue weighted by Gasteiger charge is -2.08. The summed E-state index contributed by atoms with van der Waals surface area (Å²) < 4.78 is 0.709. The molecule has 0 bridgehead atoms. The summed E-state index contributed by atoms with van der Waals surface area (Å²) in [5, 5.41) is 25.6. The predicted octanol–water partition coefficient (Wildman–Crippen LogP) is -1.00. The fourth-order valence-corrected chi connectivity index (χ4v) is 1.20. The average Bonchev–Trinajstić information content (AvgIpc) is 2.45. The number of aryl methyl sites for hydroxylation is 1. The molecule has 2 rings (SSSR count). The first-order valence-electron chi connectivity index (χ1n) is 3.85. The Labute approximate surface area is 82.3 Å². The number of hydrogen-bond acceptors (Lipinski definition) is 7. The van der Waals surface area contributed by atoms with Crippen LogP contribution in [0.1, 0.15) is 5.69 Å². The van der Waals surface area contributed by atoms with Crippen LogP contribution < -0.4 is 10.8 Å². The molecule has 2 aromatic heterocycles. The lowest BCUT2D eigenvalue weighted by atomic mass is 10.4. The zero-order valence-electron chi connectivity index (χ0n) is 7.54. The van der Waals surface area contributed by atoms with Crippen LogP contribution in [-0.4, -0.2) is 24.5 Å². The first kappa shape index (κ1) is 9.12. The topological polar surface area (TPSA) is 135 Å². The van der Waals surface area contributed by atoms with E-state index >= 15 is 0 Å². The van der Waals surface area contributed by atoms with E-state index in [1.807, 2.05) is 0 Å². The van der Waals surface area contributed by atoms with Crippen molar-refractivity contribution in [2.75, 3.05) is 5.73 Å². The van der Waals surface area contributed by atoms with Gasteiger partial charge in [0.05, 0.1) is 10.8 Å². The first-order valence-corrected chi connectivity index (χ1v) is 3.85. The number of nitrogens with two attached hydrogens (primary N) is 1. The fraction of sp³-hybridized carbons (Fsp3) is 0.167. The zero-order chi connectivity index (χ0) is 11.2. The summed E-state index contributed by atoms with van der Waals surface area (Å²) in [6.07, 6.45) is 0. The van der Waals surface area contributed by atoms with Crippen molar-refractivity contribution >= 4 is 17.4 Å². The summed E-state index contributed by atoms with van der Waals surface area (Å²) in [5.74, 6) is -1.08. The Morgan fingerprint density at radius 3 is 2.73 bits per heavy atom. The molecule has 0 fully saturated rings. The maximum absolute atomic E-state index is 11.5. The van der Waals surface area contributed by atoms with Crippen molar-refractivity contribution in [2.45, 2.75) is 6.92 Å². The number of nitro groups is 1. The highest BCUT2D eigenvalue weighted by Crippen LogP contribution is 2.25. The Morgan fingerprint density at radius 1 is 1.47 bits per heavy atom. The minimum Gasteiger partial charge on any atom is -0.854 e. The van der Waals surface area contributed by atoms with Crippen molar-refractivity contribution in [3.05, 3.63) is 15.8 Å². The average molecular weight is 209 g/mol. The van der Waals surface area contributed by atoms with E-state index in [9.17, 15) is 15.2 Å².